The molecule has 0 aliphatic heterocycles. The van der Waals surface area contributed by atoms with Crippen molar-refractivity contribution in [3.05, 3.63) is 53.9 Å². The molecule has 4 rings (SSSR count). The van der Waals surface area contributed by atoms with Gasteiger partial charge in [-0.25, -0.2) is 4.98 Å². The lowest BCUT2D eigenvalue weighted by molar-refractivity contribution is 0.0996. The van der Waals surface area contributed by atoms with Crippen LogP contribution >= 0.6 is 11.3 Å². The average molecular weight is 311 g/mol. The van der Waals surface area contributed by atoms with Gasteiger partial charge in [-0.3, -0.25) is 10.1 Å². The Hall–Kier alpha value is -3.00. The first-order valence-electron chi connectivity index (χ1n) is 6.42. The molecule has 4 heterocycles. The van der Waals surface area contributed by atoms with Gasteiger partial charge >= 0.3 is 0 Å². The first-order chi connectivity index (χ1) is 10.8. The van der Waals surface area contributed by atoms with E-state index in [1.807, 2.05) is 23.6 Å². The maximum absolute atomic E-state index is 12.0. The standard InChI is InChI=1S/C14H9N5O2S/c20-12(10-3-1-7-21-10)16-13-17-14-15-6-5-9(19(14)18-13)11-4-2-8-22-11/h1-8H,(H,16,18,20). The fourth-order valence-electron chi connectivity index (χ4n) is 2.03. The molecule has 22 heavy (non-hydrogen) atoms. The molecule has 0 aliphatic rings. The summed E-state index contributed by atoms with van der Waals surface area (Å²) in [5.74, 6) is 0.391. The molecular weight excluding hydrogens is 302 g/mol. The fourth-order valence-corrected chi connectivity index (χ4v) is 2.76. The quantitative estimate of drug-likeness (QED) is 0.628. The van der Waals surface area contributed by atoms with Gasteiger partial charge in [0.25, 0.3) is 17.6 Å². The molecule has 0 unspecified atom stereocenters. The van der Waals surface area contributed by atoms with E-state index >= 15 is 0 Å². The third-order valence-corrected chi connectivity index (χ3v) is 3.88. The van der Waals surface area contributed by atoms with Gasteiger partial charge < -0.3 is 4.42 Å². The lowest BCUT2D eigenvalue weighted by atomic mass is 10.3. The van der Waals surface area contributed by atoms with Crippen LogP contribution in [0, 0.1) is 0 Å². The first kappa shape index (κ1) is 12.7. The van der Waals surface area contributed by atoms with Gasteiger partial charge in [-0.1, -0.05) is 6.07 Å². The molecule has 7 nitrogen and oxygen atoms in total. The number of aromatic nitrogens is 4. The molecule has 4 aromatic rings. The summed E-state index contributed by atoms with van der Waals surface area (Å²) in [6, 6.07) is 9.01. The van der Waals surface area contributed by atoms with Crippen molar-refractivity contribution in [1.82, 2.24) is 19.6 Å². The molecule has 1 amide bonds. The number of nitrogens with zero attached hydrogens (tertiary/aromatic N) is 4. The Bertz CT molecular complexity index is 928. The Balaban J connectivity index is 1.72. The van der Waals surface area contributed by atoms with Crippen LogP contribution in [0.2, 0.25) is 0 Å². The van der Waals surface area contributed by atoms with Crippen molar-refractivity contribution >= 4 is 29.0 Å². The number of amides is 1. The van der Waals surface area contributed by atoms with Crippen molar-refractivity contribution in [1.29, 1.82) is 0 Å². The number of hydrogen-bond donors (Lipinski definition) is 1. The van der Waals surface area contributed by atoms with Crippen molar-refractivity contribution in [2.45, 2.75) is 0 Å². The monoisotopic (exact) mass is 311 g/mol. The van der Waals surface area contributed by atoms with Crippen LogP contribution in [0.15, 0.2) is 52.6 Å². The molecule has 0 bridgehead atoms. The molecule has 0 spiro atoms. The Kier molecular flexibility index (Phi) is 2.94. The van der Waals surface area contributed by atoms with Crippen molar-refractivity contribution in [2.24, 2.45) is 0 Å². The van der Waals surface area contributed by atoms with Gasteiger partial charge in [0, 0.05) is 6.20 Å². The number of furan rings is 1. The maximum atomic E-state index is 12.0. The predicted molar refractivity (Wildman–Crippen MR) is 80.8 cm³/mol. The van der Waals surface area contributed by atoms with Gasteiger partial charge in [0.1, 0.15) is 0 Å². The van der Waals surface area contributed by atoms with Gasteiger partial charge in [-0.05, 0) is 29.6 Å². The summed E-state index contributed by atoms with van der Waals surface area (Å²) in [5.41, 5.74) is 0.867. The van der Waals surface area contributed by atoms with Crippen molar-refractivity contribution in [3.8, 4) is 10.6 Å². The minimum Gasteiger partial charge on any atom is -0.459 e. The summed E-state index contributed by atoms with van der Waals surface area (Å²) in [7, 11) is 0. The highest BCUT2D eigenvalue weighted by molar-refractivity contribution is 7.13. The highest BCUT2D eigenvalue weighted by atomic mass is 32.1. The summed E-state index contributed by atoms with van der Waals surface area (Å²) in [4.78, 5) is 21.4. The Labute approximate surface area is 128 Å². The van der Waals surface area contributed by atoms with Gasteiger partial charge in [-0.2, -0.15) is 9.50 Å². The second kappa shape index (κ2) is 5.08. The molecule has 0 saturated carbocycles. The van der Waals surface area contributed by atoms with Crippen molar-refractivity contribution in [3.63, 3.8) is 0 Å². The van der Waals surface area contributed by atoms with Crippen molar-refractivity contribution < 1.29 is 9.21 Å². The van der Waals surface area contributed by atoms with Gasteiger partial charge in [-0.15, -0.1) is 16.4 Å². The topological polar surface area (TPSA) is 85.3 Å². The second-order valence-corrected chi connectivity index (χ2v) is 5.33. The average Bonchev–Trinajstić information content (AvgIpc) is 3.26. The Morgan fingerprint density at radius 1 is 1.27 bits per heavy atom. The number of fused-ring (bicyclic) bond motifs is 1. The molecule has 0 atom stereocenters. The summed E-state index contributed by atoms with van der Waals surface area (Å²) in [5, 5.41) is 8.87. The number of thiophene rings is 1. The lowest BCUT2D eigenvalue weighted by Crippen LogP contribution is -2.12. The van der Waals surface area contributed by atoms with E-state index in [0.717, 1.165) is 10.6 Å². The molecule has 4 aromatic heterocycles. The van der Waals surface area contributed by atoms with E-state index in [-0.39, 0.29) is 11.7 Å². The zero-order valence-corrected chi connectivity index (χ0v) is 11.9. The van der Waals surface area contributed by atoms with Crippen LogP contribution in [-0.4, -0.2) is 25.5 Å². The van der Waals surface area contributed by atoms with Crippen LogP contribution < -0.4 is 5.32 Å². The predicted octanol–water partition coefficient (Wildman–Crippen LogP) is 2.70. The van der Waals surface area contributed by atoms with Crippen molar-refractivity contribution in [2.75, 3.05) is 5.32 Å². The minimum atomic E-state index is -0.404. The number of carbonyl (C=O) groups is 1. The normalized spacial score (nSPS) is 10.9. The molecule has 0 radical (unpaired) electrons. The van der Waals surface area contributed by atoms with Gasteiger partial charge in [0.2, 0.25) is 0 Å². The molecule has 0 fully saturated rings. The zero-order chi connectivity index (χ0) is 14.9. The SMILES string of the molecule is O=C(Nc1nc2nccc(-c3cccs3)n2n1)c1ccco1. The second-order valence-electron chi connectivity index (χ2n) is 4.39. The summed E-state index contributed by atoms with van der Waals surface area (Å²) < 4.78 is 6.64. The molecule has 0 aromatic carbocycles. The summed E-state index contributed by atoms with van der Waals surface area (Å²) in [6.07, 6.45) is 3.10. The zero-order valence-electron chi connectivity index (χ0n) is 11.1. The van der Waals surface area contributed by atoms with Crippen LogP contribution in [0.25, 0.3) is 16.3 Å². The fraction of sp³-hybridized carbons (Fsp3) is 0. The third-order valence-electron chi connectivity index (χ3n) is 2.98. The molecular formula is C14H9N5O2S. The van der Waals surface area contributed by atoms with Crippen LogP contribution in [0.3, 0.4) is 0 Å². The molecule has 0 saturated heterocycles. The van der Waals surface area contributed by atoms with E-state index in [1.165, 1.54) is 6.26 Å². The van der Waals surface area contributed by atoms with E-state index < -0.39 is 5.91 Å². The Morgan fingerprint density at radius 2 is 2.23 bits per heavy atom. The number of carbonyl (C=O) groups excluding carboxylic acids is 1. The smallest absolute Gasteiger partial charge is 0.293 e. The van der Waals surface area contributed by atoms with E-state index in [0.29, 0.717) is 5.78 Å². The Morgan fingerprint density at radius 3 is 3.00 bits per heavy atom. The first-order valence-corrected chi connectivity index (χ1v) is 7.30. The number of rotatable bonds is 3. The number of nitrogens with one attached hydrogen (secondary N) is 1. The van der Waals surface area contributed by atoms with Gasteiger partial charge in [0.15, 0.2) is 5.76 Å². The third kappa shape index (κ3) is 2.15. The highest BCUT2D eigenvalue weighted by Gasteiger charge is 2.14. The molecule has 8 heteroatoms. The molecule has 0 aliphatic carbocycles. The van der Waals surface area contributed by atoms with E-state index in [9.17, 15) is 4.79 Å². The number of hydrogen-bond acceptors (Lipinski definition) is 6. The van der Waals surface area contributed by atoms with Crippen LogP contribution in [0.4, 0.5) is 5.95 Å². The summed E-state index contributed by atoms with van der Waals surface area (Å²) in [6.45, 7) is 0. The van der Waals surface area contributed by atoms with E-state index in [2.05, 4.69) is 20.4 Å². The van der Waals surface area contributed by atoms with E-state index in [4.69, 9.17) is 4.42 Å². The molecule has 1 N–H and O–H groups in total. The van der Waals surface area contributed by atoms with Crippen LogP contribution in [-0.2, 0) is 0 Å². The minimum absolute atomic E-state index is 0.179. The lowest BCUT2D eigenvalue weighted by Gasteiger charge is -1.99. The summed E-state index contributed by atoms with van der Waals surface area (Å²) >= 11 is 1.59. The molecule has 108 valence electrons. The number of anilines is 1. The highest BCUT2D eigenvalue weighted by Crippen LogP contribution is 2.24. The van der Waals surface area contributed by atoms with Crippen LogP contribution in [0.5, 0.6) is 0 Å². The largest absolute Gasteiger partial charge is 0.459 e. The van der Waals surface area contributed by atoms with Gasteiger partial charge in [0.05, 0.1) is 16.8 Å². The van der Waals surface area contributed by atoms with E-state index in [1.54, 1.807) is 34.2 Å². The van der Waals surface area contributed by atoms with Crippen LogP contribution in [0.1, 0.15) is 10.6 Å². The maximum Gasteiger partial charge on any atom is 0.293 e.